The molecule has 4 heteroatoms. The number of Topliss-reactive ketones (excluding diaryl/α,β-unsaturated/α-hetero) is 1. The van der Waals surface area contributed by atoms with E-state index in [9.17, 15) is 9.59 Å². The van der Waals surface area contributed by atoms with E-state index in [-0.39, 0.29) is 65.7 Å². The molecule has 2 rings (SSSR count). The third kappa shape index (κ3) is 5.68. The zero-order valence-corrected chi connectivity index (χ0v) is 15.3. The maximum Gasteiger partial charge on any atom is 0.250 e. The zero-order valence-electron chi connectivity index (χ0n) is 12.4. The molecule has 0 unspecified atom stereocenters. The van der Waals surface area contributed by atoms with Crippen LogP contribution in [0.15, 0.2) is 42.0 Å². The summed E-state index contributed by atoms with van der Waals surface area (Å²) in [5.41, 5.74) is 1.74. The largest absolute Gasteiger partial charge is 0.358 e. The second kappa shape index (κ2) is 10.0. The van der Waals surface area contributed by atoms with Crippen LogP contribution >= 0.6 is 0 Å². The SMILES string of the molecule is CC(=O)CC1=CCN(Cc2ccccc2)C1=O.[CH3-].[CH3-].[Y]. The van der Waals surface area contributed by atoms with E-state index in [2.05, 4.69) is 0 Å². The first kappa shape index (κ1) is 21.5. The van der Waals surface area contributed by atoms with Crippen molar-refractivity contribution in [2.45, 2.75) is 19.9 Å². The van der Waals surface area contributed by atoms with Gasteiger partial charge in [0.15, 0.2) is 0 Å². The van der Waals surface area contributed by atoms with Gasteiger partial charge in [-0.2, -0.15) is 0 Å². The molecule has 107 valence electrons. The molecule has 0 saturated heterocycles. The Balaban J connectivity index is 0. The quantitative estimate of drug-likeness (QED) is 0.785. The number of ketones is 1. The number of rotatable bonds is 4. The molecule has 1 aromatic rings. The smallest absolute Gasteiger partial charge is 0.250 e. The van der Waals surface area contributed by atoms with Crippen LogP contribution in [0.25, 0.3) is 0 Å². The Hall–Kier alpha value is -0.796. The van der Waals surface area contributed by atoms with Crippen molar-refractivity contribution in [3.05, 3.63) is 62.4 Å². The van der Waals surface area contributed by atoms with Crippen LogP contribution in [0.4, 0.5) is 0 Å². The van der Waals surface area contributed by atoms with E-state index < -0.39 is 0 Å². The summed E-state index contributed by atoms with van der Waals surface area (Å²) in [5, 5.41) is 0. The fourth-order valence-electron chi connectivity index (χ4n) is 1.95. The monoisotopic (exact) mass is 348 g/mol. The molecule has 0 atom stereocenters. The van der Waals surface area contributed by atoms with Crippen molar-refractivity contribution in [2.24, 2.45) is 0 Å². The third-order valence-corrected chi connectivity index (χ3v) is 2.78. The molecule has 1 radical (unpaired) electrons. The van der Waals surface area contributed by atoms with Crippen LogP contribution in [0.2, 0.25) is 0 Å². The van der Waals surface area contributed by atoms with E-state index in [0.29, 0.717) is 18.7 Å². The summed E-state index contributed by atoms with van der Waals surface area (Å²) in [4.78, 5) is 24.7. The van der Waals surface area contributed by atoms with Gasteiger partial charge in [0.25, 0.3) is 5.91 Å². The van der Waals surface area contributed by atoms with Crippen molar-refractivity contribution in [3.63, 3.8) is 0 Å². The molecule has 1 amide bonds. The third-order valence-electron chi connectivity index (χ3n) is 2.78. The summed E-state index contributed by atoms with van der Waals surface area (Å²) in [7, 11) is 0. The second-order valence-corrected chi connectivity index (χ2v) is 4.28. The van der Waals surface area contributed by atoms with E-state index in [1.807, 2.05) is 36.4 Å². The van der Waals surface area contributed by atoms with Gasteiger partial charge in [0.05, 0.1) is 0 Å². The topological polar surface area (TPSA) is 37.4 Å². The summed E-state index contributed by atoms with van der Waals surface area (Å²) >= 11 is 0. The molecular formula is C16H21NO2Y-2. The summed E-state index contributed by atoms with van der Waals surface area (Å²) in [5.74, 6) is 0.0233. The predicted octanol–water partition coefficient (Wildman–Crippen LogP) is 2.83. The van der Waals surface area contributed by atoms with E-state index in [1.165, 1.54) is 6.92 Å². The van der Waals surface area contributed by atoms with Crippen LogP contribution in [0.1, 0.15) is 18.9 Å². The van der Waals surface area contributed by atoms with Crippen molar-refractivity contribution >= 4 is 11.7 Å². The molecule has 0 saturated carbocycles. The Morgan fingerprint density at radius 1 is 1.20 bits per heavy atom. The first-order chi connectivity index (χ1) is 8.16. The summed E-state index contributed by atoms with van der Waals surface area (Å²) in [6, 6.07) is 9.86. The van der Waals surface area contributed by atoms with E-state index in [1.54, 1.807) is 4.90 Å². The maximum absolute atomic E-state index is 12.0. The van der Waals surface area contributed by atoms with Gasteiger partial charge in [0, 0.05) is 57.8 Å². The van der Waals surface area contributed by atoms with Gasteiger partial charge in [-0.25, -0.2) is 0 Å². The van der Waals surface area contributed by atoms with Crippen molar-refractivity contribution in [3.8, 4) is 0 Å². The number of amides is 1. The number of hydrogen-bond donors (Lipinski definition) is 0. The normalized spacial score (nSPS) is 12.8. The molecule has 3 nitrogen and oxygen atoms in total. The van der Waals surface area contributed by atoms with Crippen molar-refractivity contribution < 1.29 is 42.3 Å². The Kier molecular flexibility index (Phi) is 10.8. The molecule has 1 heterocycles. The van der Waals surface area contributed by atoms with Gasteiger partial charge in [-0.15, -0.1) is 0 Å². The minimum atomic E-state index is -0.0101. The van der Waals surface area contributed by atoms with Gasteiger partial charge >= 0.3 is 0 Å². The van der Waals surface area contributed by atoms with E-state index >= 15 is 0 Å². The summed E-state index contributed by atoms with van der Waals surface area (Å²) in [6.07, 6.45) is 2.11. The number of benzene rings is 1. The van der Waals surface area contributed by atoms with Gasteiger partial charge in [0.1, 0.15) is 5.78 Å². The fourth-order valence-corrected chi connectivity index (χ4v) is 1.95. The molecule has 1 aliphatic rings. The summed E-state index contributed by atoms with van der Waals surface area (Å²) in [6.45, 7) is 2.72. The molecule has 0 fully saturated rings. The average molecular weight is 348 g/mol. The molecule has 0 aliphatic carbocycles. The van der Waals surface area contributed by atoms with Gasteiger partial charge in [0.2, 0.25) is 0 Å². The molecule has 1 aromatic carbocycles. The van der Waals surface area contributed by atoms with Gasteiger partial charge in [-0.1, -0.05) is 36.4 Å². The molecule has 1 aliphatic heterocycles. The Morgan fingerprint density at radius 3 is 2.35 bits per heavy atom. The molecule has 0 aromatic heterocycles. The average Bonchev–Trinajstić information content (AvgIpc) is 2.62. The Morgan fingerprint density at radius 2 is 1.80 bits per heavy atom. The van der Waals surface area contributed by atoms with Crippen molar-refractivity contribution in [2.75, 3.05) is 6.54 Å². The minimum absolute atomic E-state index is 0. The standard InChI is InChI=1S/C14H15NO2.2CH3.Y/c1-11(16)9-13-7-8-15(14(13)17)10-12-5-3-2-4-6-12;;;/h2-7H,8-10H2,1H3;2*1H3;/q;2*-1;. The first-order valence-electron chi connectivity index (χ1n) is 5.68. The van der Waals surface area contributed by atoms with Crippen LogP contribution in [-0.4, -0.2) is 23.1 Å². The Bertz CT molecular complexity index is 469. The number of carbonyl (C=O) groups excluding carboxylic acids is 2. The van der Waals surface area contributed by atoms with Gasteiger partial charge < -0.3 is 19.8 Å². The van der Waals surface area contributed by atoms with Gasteiger partial charge in [-0.05, 0) is 12.5 Å². The van der Waals surface area contributed by atoms with Crippen molar-refractivity contribution in [1.82, 2.24) is 4.90 Å². The number of hydrogen-bond acceptors (Lipinski definition) is 2. The zero-order chi connectivity index (χ0) is 12.3. The number of carbonyl (C=O) groups is 2. The predicted molar refractivity (Wildman–Crippen MR) is 78.1 cm³/mol. The molecule has 20 heavy (non-hydrogen) atoms. The molecule has 0 bridgehead atoms. The van der Waals surface area contributed by atoms with Crippen LogP contribution in [0, 0.1) is 14.9 Å². The van der Waals surface area contributed by atoms with Crippen LogP contribution in [-0.2, 0) is 48.8 Å². The number of nitrogens with zero attached hydrogens (tertiary/aromatic N) is 1. The van der Waals surface area contributed by atoms with Crippen LogP contribution in [0.3, 0.4) is 0 Å². The van der Waals surface area contributed by atoms with Crippen LogP contribution in [0.5, 0.6) is 0 Å². The Labute approximate surface area is 147 Å². The maximum atomic E-state index is 12.0. The molecule has 0 spiro atoms. The van der Waals surface area contributed by atoms with E-state index in [0.717, 1.165) is 5.56 Å². The van der Waals surface area contributed by atoms with Gasteiger partial charge in [-0.3, -0.25) is 9.59 Å². The minimum Gasteiger partial charge on any atom is -0.358 e. The second-order valence-electron chi connectivity index (χ2n) is 4.28. The summed E-state index contributed by atoms with van der Waals surface area (Å²) < 4.78 is 0. The molecule has 0 N–H and O–H groups in total. The van der Waals surface area contributed by atoms with Crippen molar-refractivity contribution in [1.29, 1.82) is 0 Å². The fraction of sp³-hybridized carbons (Fsp3) is 0.250. The van der Waals surface area contributed by atoms with Crippen LogP contribution < -0.4 is 0 Å². The van der Waals surface area contributed by atoms with E-state index in [4.69, 9.17) is 0 Å². The first-order valence-corrected chi connectivity index (χ1v) is 5.68. The molecular weight excluding hydrogens is 327 g/mol.